The number of fused-ring (bicyclic) bond motifs is 1. The molecule has 1 aromatic rings. The summed E-state index contributed by atoms with van der Waals surface area (Å²) in [7, 11) is 0. The molecular formula is C24H35N3O2. The van der Waals surface area contributed by atoms with Crippen molar-refractivity contribution in [2.24, 2.45) is 5.92 Å². The molecule has 1 aliphatic carbocycles. The van der Waals surface area contributed by atoms with Crippen LogP contribution in [0, 0.1) is 5.92 Å². The summed E-state index contributed by atoms with van der Waals surface area (Å²) in [5.41, 5.74) is 9.52. The minimum Gasteiger partial charge on any atom is -0.311 e. The molecule has 0 radical (unpaired) electrons. The summed E-state index contributed by atoms with van der Waals surface area (Å²) in [5.74, 6) is 0.938. The van der Waals surface area contributed by atoms with Crippen molar-refractivity contribution < 1.29 is 9.59 Å². The number of carbonyl (C=O) groups excluding carboxylic acids is 2. The van der Waals surface area contributed by atoms with Gasteiger partial charge in [0.05, 0.1) is 16.8 Å². The molecular weight excluding hydrogens is 362 g/mol. The zero-order chi connectivity index (χ0) is 21.0. The van der Waals surface area contributed by atoms with Gasteiger partial charge in [0.25, 0.3) is 0 Å². The number of nitrogens with zero attached hydrogens (tertiary/aromatic N) is 1. The van der Waals surface area contributed by atoms with Crippen LogP contribution in [0.15, 0.2) is 30.0 Å². The van der Waals surface area contributed by atoms with Gasteiger partial charge in [-0.05, 0) is 68.2 Å². The van der Waals surface area contributed by atoms with E-state index in [4.69, 9.17) is 0 Å². The minimum atomic E-state index is -0.457. The molecule has 0 saturated carbocycles. The summed E-state index contributed by atoms with van der Waals surface area (Å²) in [4.78, 5) is 27.6. The van der Waals surface area contributed by atoms with Crippen molar-refractivity contribution in [3.63, 3.8) is 0 Å². The van der Waals surface area contributed by atoms with E-state index in [9.17, 15) is 9.59 Å². The Morgan fingerprint density at radius 2 is 1.86 bits per heavy atom. The number of nitrogens with one attached hydrogen (secondary N) is 2. The molecule has 0 unspecified atom stereocenters. The number of rotatable bonds is 8. The molecule has 29 heavy (non-hydrogen) atoms. The van der Waals surface area contributed by atoms with Gasteiger partial charge in [-0.3, -0.25) is 15.0 Å². The molecule has 158 valence electrons. The van der Waals surface area contributed by atoms with Crippen LogP contribution in [0.3, 0.4) is 0 Å². The highest BCUT2D eigenvalue weighted by Crippen LogP contribution is 2.47. The summed E-state index contributed by atoms with van der Waals surface area (Å²) in [6.45, 7) is 9.35. The molecule has 5 nitrogen and oxygen atoms in total. The maximum atomic E-state index is 13.4. The number of anilines is 2. The van der Waals surface area contributed by atoms with Gasteiger partial charge in [-0.15, -0.1) is 0 Å². The first-order chi connectivity index (χ1) is 13.9. The van der Waals surface area contributed by atoms with E-state index in [1.165, 1.54) is 0 Å². The van der Waals surface area contributed by atoms with Crippen LogP contribution < -0.4 is 15.8 Å². The molecule has 0 spiro atoms. The molecule has 2 aliphatic rings. The first-order valence-electron chi connectivity index (χ1n) is 11.1. The van der Waals surface area contributed by atoms with Gasteiger partial charge < -0.3 is 10.3 Å². The lowest BCUT2D eigenvalue weighted by molar-refractivity contribution is -0.123. The van der Waals surface area contributed by atoms with Gasteiger partial charge in [0.15, 0.2) is 5.78 Å². The third-order valence-corrected chi connectivity index (χ3v) is 6.44. The van der Waals surface area contributed by atoms with E-state index in [1.807, 2.05) is 23.1 Å². The maximum Gasteiger partial charge on any atom is 0.237 e. The van der Waals surface area contributed by atoms with Gasteiger partial charge in [0, 0.05) is 18.7 Å². The molecule has 3 rings (SSSR count). The largest absolute Gasteiger partial charge is 0.311 e. The molecule has 1 heterocycles. The van der Waals surface area contributed by atoms with Gasteiger partial charge in [-0.25, -0.2) is 0 Å². The number of amides is 1. The Labute approximate surface area is 174 Å². The van der Waals surface area contributed by atoms with Crippen LogP contribution >= 0.6 is 0 Å². The number of carbonyl (C=O) groups is 2. The van der Waals surface area contributed by atoms with E-state index in [1.54, 1.807) is 0 Å². The number of Topliss-reactive ketones (excluding diaryl/α,β-unsaturated/α-hetero) is 1. The van der Waals surface area contributed by atoms with Crippen LogP contribution in [0.25, 0.3) is 0 Å². The first-order valence-corrected chi connectivity index (χ1v) is 11.1. The van der Waals surface area contributed by atoms with E-state index in [2.05, 4.69) is 44.6 Å². The number of hydrogen-bond donors (Lipinski definition) is 2. The molecule has 2 N–H and O–H groups in total. The lowest BCUT2D eigenvalue weighted by Crippen LogP contribution is -2.40. The number of allylic oxidation sites excluding steroid dienone is 2. The fourth-order valence-corrected chi connectivity index (χ4v) is 4.44. The quantitative estimate of drug-likeness (QED) is 0.601. The van der Waals surface area contributed by atoms with Crippen LogP contribution in [-0.4, -0.2) is 18.2 Å². The smallest absolute Gasteiger partial charge is 0.237 e. The van der Waals surface area contributed by atoms with E-state index in [0.717, 1.165) is 62.0 Å². The molecule has 5 heteroatoms. The Hall–Kier alpha value is -2.30. The molecule has 0 atom stereocenters. The van der Waals surface area contributed by atoms with Crippen molar-refractivity contribution in [3.8, 4) is 0 Å². The molecule has 0 aromatic heterocycles. The Morgan fingerprint density at radius 1 is 1.10 bits per heavy atom. The van der Waals surface area contributed by atoms with Crippen molar-refractivity contribution in [1.29, 1.82) is 0 Å². The van der Waals surface area contributed by atoms with Crippen LogP contribution in [-0.2, 0) is 15.0 Å². The summed E-state index contributed by atoms with van der Waals surface area (Å²) < 4.78 is 0. The second-order valence-electron chi connectivity index (χ2n) is 8.70. The highest BCUT2D eigenvalue weighted by Gasteiger charge is 2.48. The van der Waals surface area contributed by atoms with Crippen molar-refractivity contribution in [3.05, 3.63) is 35.5 Å². The SMILES string of the molecule is CCC1(CC)C(=O)N(CCC(C)C)c2ccc(NNC3=CCCCCC3=O)cc21. The van der Waals surface area contributed by atoms with Crippen LogP contribution in [0.2, 0.25) is 0 Å². The van der Waals surface area contributed by atoms with Crippen LogP contribution in [0.1, 0.15) is 78.2 Å². The number of hydrogen-bond acceptors (Lipinski definition) is 4. The fourth-order valence-electron chi connectivity index (χ4n) is 4.44. The van der Waals surface area contributed by atoms with Crippen molar-refractivity contribution in [2.75, 3.05) is 16.9 Å². The predicted molar refractivity (Wildman–Crippen MR) is 119 cm³/mol. The fraction of sp³-hybridized carbons (Fsp3) is 0.583. The van der Waals surface area contributed by atoms with E-state index in [-0.39, 0.29) is 11.7 Å². The summed E-state index contributed by atoms with van der Waals surface area (Å²) in [6.07, 6.45) is 8.07. The van der Waals surface area contributed by atoms with E-state index in [0.29, 0.717) is 18.0 Å². The minimum absolute atomic E-state index is 0.155. The second-order valence-corrected chi connectivity index (χ2v) is 8.70. The van der Waals surface area contributed by atoms with Crippen molar-refractivity contribution >= 4 is 23.1 Å². The predicted octanol–water partition coefficient (Wildman–Crippen LogP) is 5.08. The van der Waals surface area contributed by atoms with Gasteiger partial charge >= 0.3 is 0 Å². The Balaban J connectivity index is 1.85. The second kappa shape index (κ2) is 9.02. The Kier molecular flexibility index (Phi) is 6.66. The molecule has 0 fully saturated rings. The lowest BCUT2D eigenvalue weighted by atomic mass is 9.77. The molecule has 0 saturated heterocycles. The van der Waals surface area contributed by atoms with Crippen molar-refractivity contribution in [1.82, 2.24) is 5.43 Å². The van der Waals surface area contributed by atoms with E-state index < -0.39 is 5.41 Å². The monoisotopic (exact) mass is 397 g/mol. The van der Waals surface area contributed by atoms with Gasteiger partial charge in [0.2, 0.25) is 5.91 Å². The maximum absolute atomic E-state index is 13.4. The average Bonchev–Trinajstić information content (AvgIpc) is 2.81. The normalized spacial score (nSPS) is 18.5. The first kappa shape index (κ1) is 21.4. The van der Waals surface area contributed by atoms with Crippen LogP contribution in [0.4, 0.5) is 11.4 Å². The van der Waals surface area contributed by atoms with Gasteiger partial charge in [0.1, 0.15) is 0 Å². The Bertz CT molecular complexity index is 793. The van der Waals surface area contributed by atoms with Crippen molar-refractivity contribution in [2.45, 2.75) is 78.1 Å². The number of hydrazine groups is 1. The number of ketones is 1. The molecule has 1 amide bonds. The summed E-state index contributed by atoms with van der Waals surface area (Å²) >= 11 is 0. The molecule has 1 aliphatic heterocycles. The molecule has 1 aromatic carbocycles. The van der Waals surface area contributed by atoms with E-state index >= 15 is 0 Å². The highest BCUT2D eigenvalue weighted by atomic mass is 16.2. The summed E-state index contributed by atoms with van der Waals surface area (Å²) in [6, 6.07) is 6.13. The third-order valence-electron chi connectivity index (χ3n) is 6.44. The zero-order valence-electron chi connectivity index (χ0n) is 18.3. The molecule has 0 bridgehead atoms. The average molecular weight is 398 g/mol. The van der Waals surface area contributed by atoms with Gasteiger partial charge in [-0.2, -0.15) is 0 Å². The highest BCUT2D eigenvalue weighted by molar-refractivity contribution is 6.08. The van der Waals surface area contributed by atoms with Gasteiger partial charge in [-0.1, -0.05) is 33.8 Å². The third kappa shape index (κ3) is 4.19. The Morgan fingerprint density at radius 3 is 2.55 bits per heavy atom. The topological polar surface area (TPSA) is 61.4 Å². The van der Waals surface area contributed by atoms with Crippen LogP contribution in [0.5, 0.6) is 0 Å². The number of benzene rings is 1. The standard InChI is InChI=1S/C24H35N3O2/c1-5-24(6-2)19-16-18(25-26-20-10-8-7-9-11-22(20)28)12-13-21(19)27(23(24)29)15-14-17(3)4/h10,12-13,16-17,25-26H,5-9,11,14-15H2,1-4H3. The summed E-state index contributed by atoms with van der Waals surface area (Å²) in [5, 5.41) is 0. The zero-order valence-corrected chi connectivity index (χ0v) is 18.3. The lowest BCUT2D eigenvalue weighted by Gasteiger charge is -2.26.